The monoisotopic (exact) mass is 237 g/mol. The van der Waals surface area contributed by atoms with Gasteiger partial charge in [0.25, 0.3) is 0 Å². The van der Waals surface area contributed by atoms with Gasteiger partial charge in [-0.1, -0.05) is 0 Å². The van der Waals surface area contributed by atoms with Gasteiger partial charge in [-0.3, -0.25) is 4.21 Å². The van der Waals surface area contributed by atoms with E-state index in [0.717, 1.165) is 29.1 Å². The SMILES string of the molecule is Cc1nc2cc(N)ccc2n1CCS(C)=O. The summed E-state index contributed by atoms with van der Waals surface area (Å²) in [6, 6.07) is 5.69. The maximum Gasteiger partial charge on any atom is 0.106 e. The lowest BCUT2D eigenvalue weighted by Gasteiger charge is -2.05. The Kier molecular flexibility index (Phi) is 2.96. The van der Waals surface area contributed by atoms with Gasteiger partial charge >= 0.3 is 0 Å². The summed E-state index contributed by atoms with van der Waals surface area (Å²) in [5, 5.41) is 0. The Bertz CT molecular complexity index is 547. The van der Waals surface area contributed by atoms with Crippen LogP contribution in [0.15, 0.2) is 18.2 Å². The van der Waals surface area contributed by atoms with E-state index in [1.807, 2.05) is 25.1 Å². The van der Waals surface area contributed by atoms with Gasteiger partial charge in [0.2, 0.25) is 0 Å². The second kappa shape index (κ2) is 4.25. The minimum Gasteiger partial charge on any atom is -0.399 e. The number of rotatable bonds is 3. The first-order valence-corrected chi connectivity index (χ1v) is 6.83. The molecule has 2 N–H and O–H groups in total. The Labute approximate surface area is 96.9 Å². The second-order valence-corrected chi connectivity index (χ2v) is 5.39. The lowest BCUT2D eigenvalue weighted by molar-refractivity contribution is 0.677. The summed E-state index contributed by atoms with van der Waals surface area (Å²) in [5.41, 5.74) is 8.38. The molecular weight excluding hydrogens is 222 g/mol. The van der Waals surface area contributed by atoms with Crippen LogP contribution in [0.2, 0.25) is 0 Å². The zero-order valence-corrected chi connectivity index (χ0v) is 10.3. The van der Waals surface area contributed by atoms with Crippen molar-refractivity contribution in [1.82, 2.24) is 9.55 Å². The van der Waals surface area contributed by atoms with Crippen molar-refractivity contribution in [2.75, 3.05) is 17.7 Å². The molecule has 2 rings (SSSR count). The number of hydrogen-bond acceptors (Lipinski definition) is 3. The fourth-order valence-electron chi connectivity index (χ4n) is 1.77. The molecule has 0 fully saturated rings. The van der Waals surface area contributed by atoms with Crippen LogP contribution in [-0.2, 0) is 17.3 Å². The number of hydrogen-bond donors (Lipinski definition) is 1. The smallest absolute Gasteiger partial charge is 0.106 e. The fraction of sp³-hybridized carbons (Fsp3) is 0.364. The second-order valence-electron chi connectivity index (χ2n) is 3.84. The van der Waals surface area contributed by atoms with E-state index in [1.54, 1.807) is 6.26 Å². The summed E-state index contributed by atoms with van der Waals surface area (Å²) < 4.78 is 13.2. The van der Waals surface area contributed by atoms with E-state index in [2.05, 4.69) is 9.55 Å². The Morgan fingerprint density at radius 2 is 2.25 bits per heavy atom. The highest BCUT2D eigenvalue weighted by Gasteiger charge is 2.07. The summed E-state index contributed by atoms with van der Waals surface area (Å²) >= 11 is 0. The molecule has 0 aliphatic carbocycles. The van der Waals surface area contributed by atoms with Gasteiger partial charge in [-0.2, -0.15) is 0 Å². The van der Waals surface area contributed by atoms with Crippen molar-refractivity contribution < 1.29 is 4.21 Å². The number of anilines is 1. The van der Waals surface area contributed by atoms with Gasteiger partial charge in [0.1, 0.15) is 5.82 Å². The summed E-state index contributed by atoms with van der Waals surface area (Å²) in [7, 11) is -0.779. The van der Waals surface area contributed by atoms with E-state index in [-0.39, 0.29) is 0 Å². The number of nitrogen functional groups attached to an aromatic ring is 1. The van der Waals surface area contributed by atoms with Gasteiger partial charge in [0.05, 0.1) is 11.0 Å². The van der Waals surface area contributed by atoms with E-state index in [0.29, 0.717) is 5.75 Å². The summed E-state index contributed by atoms with van der Waals surface area (Å²) in [6.07, 6.45) is 1.71. The molecule has 0 radical (unpaired) electrons. The third-order valence-corrected chi connectivity index (χ3v) is 3.32. The fourth-order valence-corrected chi connectivity index (χ4v) is 2.21. The van der Waals surface area contributed by atoms with Crippen molar-refractivity contribution in [3.63, 3.8) is 0 Å². The molecular formula is C11H15N3OS. The van der Waals surface area contributed by atoms with Crippen molar-refractivity contribution in [3.8, 4) is 0 Å². The minimum absolute atomic E-state index is 0.649. The summed E-state index contributed by atoms with van der Waals surface area (Å²) in [6.45, 7) is 2.68. The lowest BCUT2D eigenvalue weighted by Crippen LogP contribution is -2.07. The quantitative estimate of drug-likeness (QED) is 0.819. The molecule has 1 heterocycles. The molecule has 0 saturated carbocycles. The van der Waals surface area contributed by atoms with Crippen molar-refractivity contribution in [2.24, 2.45) is 0 Å². The molecule has 0 saturated heterocycles. The van der Waals surface area contributed by atoms with Crippen LogP contribution in [0.5, 0.6) is 0 Å². The van der Waals surface area contributed by atoms with Crippen LogP contribution in [0.1, 0.15) is 5.82 Å². The van der Waals surface area contributed by atoms with E-state index in [1.165, 1.54) is 0 Å². The Balaban J connectivity index is 2.43. The first-order chi connectivity index (χ1) is 7.58. The van der Waals surface area contributed by atoms with Crippen LogP contribution in [0.3, 0.4) is 0 Å². The molecule has 2 aromatic rings. The van der Waals surface area contributed by atoms with Gasteiger partial charge in [0.15, 0.2) is 0 Å². The molecule has 0 spiro atoms. The van der Waals surface area contributed by atoms with E-state index < -0.39 is 10.8 Å². The number of nitrogens with two attached hydrogens (primary N) is 1. The Morgan fingerprint density at radius 3 is 2.94 bits per heavy atom. The minimum atomic E-state index is -0.779. The largest absolute Gasteiger partial charge is 0.399 e. The number of aryl methyl sites for hydroxylation is 2. The molecule has 0 amide bonds. The van der Waals surface area contributed by atoms with Gasteiger partial charge in [-0.05, 0) is 25.1 Å². The molecule has 16 heavy (non-hydrogen) atoms. The zero-order valence-electron chi connectivity index (χ0n) is 9.43. The van der Waals surface area contributed by atoms with Gasteiger partial charge < -0.3 is 10.3 Å². The first kappa shape index (κ1) is 11.1. The van der Waals surface area contributed by atoms with Crippen molar-refractivity contribution >= 4 is 27.5 Å². The van der Waals surface area contributed by atoms with Gasteiger partial charge in [-0.25, -0.2) is 4.98 Å². The van der Waals surface area contributed by atoms with Crippen molar-refractivity contribution in [3.05, 3.63) is 24.0 Å². The van der Waals surface area contributed by atoms with E-state index in [4.69, 9.17) is 5.73 Å². The summed E-state index contributed by atoms with van der Waals surface area (Å²) in [5.74, 6) is 1.59. The summed E-state index contributed by atoms with van der Waals surface area (Å²) in [4.78, 5) is 4.44. The lowest BCUT2D eigenvalue weighted by atomic mass is 10.3. The molecule has 1 aromatic carbocycles. The molecule has 1 aromatic heterocycles. The molecule has 4 nitrogen and oxygen atoms in total. The molecule has 5 heteroatoms. The number of nitrogens with zero attached hydrogens (tertiary/aromatic N) is 2. The van der Waals surface area contributed by atoms with Gasteiger partial charge in [-0.15, -0.1) is 0 Å². The molecule has 86 valence electrons. The third-order valence-electron chi connectivity index (χ3n) is 2.57. The number of aromatic nitrogens is 2. The molecule has 0 aliphatic heterocycles. The predicted molar refractivity (Wildman–Crippen MR) is 67.8 cm³/mol. The van der Waals surface area contributed by atoms with E-state index >= 15 is 0 Å². The molecule has 1 atom stereocenters. The average molecular weight is 237 g/mol. The van der Waals surface area contributed by atoms with Gasteiger partial charge in [0, 0.05) is 35.0 Å². The third kappa shape index (κ3) is 2.09. The van der Waals surface area contributed by atoms with Crippen LogP contribution in [0.25, 0.3) is 11.0 Å². The highest BCUT2D eigenvalue weighted by Crippen LogP contribution is 2.18. The van der Waals surface area contributed by atoms with Crippen LogP contribution in [0, 0.1) is 6.92 Å². The van der Waals surface area contributed by atoms with Crippen LogP contribution in [0.4, 0.5) is 5.69 Å². The predicted octanol–water partition coefficient (Wildman–Crippen LogP) is 1.31. The molecule has 1 unspecified atom stereocenters. The standard InChI is InChI=1S/C11H15N3OS/c1-8-13-10-7-9(12)3-4-11(10)14(8)5-6-16(2)15/h3-4,7H,5-6,12H2,1-2H3. The van der Waals surface area contributed by atoms with Crippen molar-refractivity contribution in [2.45, 2.75) is 13.5 Å². The van der Waals surface area contributed by atoms with Crippen LogP contribution in [-0.4, -0.2) is 25.8 Å². The highest BCUT2D eigenvalue weighted by atomic mass is 32.2. The normalized spacial score (nSPS) is 13.1. The molecule has 0 bridgehead atoms. The average Bonchev–Trinajstić information content (AvgIpc) is 2.50. The number of imidazole rings is 1. The topological polar surface area (TPSA) is 60.9 Å². The number of benzene rings is 1. The van der Waals surface area contributed by atoms with Crippen LogP contribution < -0.4 is 5.73 Å². The van der Waals surface area contributed by atoms with E-state index in [9.17, 15) is 4.21 Å². The maximum absolute atomic E-state index is 11.1. The highest BCUT2D eigenvalue weighted by molar-refractivity contribution is 7.84. The first-order valence-electron chi connectivity index (χ1n) is 5.10. The zero-order chi connectivity index (χ0) is 11.7. The maximum atomic E-state index is 11.1. The molecule has 0 aliphatic rings. The van der Waals surface area contributed by atoms with Crippen molar-refractivity contribution in [1.29, 1.82) is 0 Å². The Hall–Kier alpha value is -1.36. The van der Waals surface area contributed by atoms with Crippen LogP contribution >= 0.6 is 0 Å². The number of fused-ring (bicyclic) bond motifs is 1. The Morgan fingerprint density at radius 1 is 1.50 bits per heavy atom.